The third-order valence-electron chi connectivity index (χ3n) is 14.1. The number of nitrogens with zero attached hydrogens (tertiary/aromatic N) is 4. The van der Waals surface area contributed by atoms with Gasteiger partial charge in [-0.05, 0) is 83.9 Å². The average Bonchev–Trinajstić information content (AvgIpc) is 3.99. The Labute approximate surface area is 441 Å². The quantitative estimate of drug-likeness (QED) is 0.0572. The van der Waals surface area contributed by atoms with Gasteiger partial charge in [0, 0.05) is 109 Å². The topological polar surface area (TPSA) is 273 Å². The molecule has 402 valence electrons. The van der Waals surface area contributed by atoms with Crippen LogP contribution in [0.5, 0.6) is 0 Å². The van der Waals surface area contributed by atoms with Crippen molar-refractivity contribution in [3.63, 3.8) is 0 Å². The van der Waals surface area contributed by atoms with Gasteiger partial charge in [-0.1, -0.05) is 52.0 Å². The maximum absolute atomic E-state index is 12.7. The molecule has 20 nitrogen and oxygen atoms in total. The zero-order valence-electron chi connectivity index (χ0n) is 43.4. The molecule has 0 bridgehead atoms. The lowest BCUT2D eigenvalue weighted by molar-refractivity contribution is -0.139. The van der Waals surface area contributed by atoms with Crippen molar-refractivity contribution in [2.45, 2.75) is 89.3 Å². The summed E-state index contributed by atoms with van der Waals surface area (Å²) in [4.78, 5) is 116. The number of hydrogen-bond acceptors (Lipinski definition) is 13. The standard InChI is InChI=1S/C29H35N5O6.C27H32N4O5/c1-3-25(36)31-15-23-16-34(28(39)40-23)22-10-6-20(7-11-22)29(2)17-33(18-29)27(38)13-12-24(35)19-4-8-21(9-5-19)32-26(37)14-30;1-3-24(33)29-14-22-15-31(26(35)36-22)21-10-6-19(7-11-21)27(2)16-30(17-27)25(34)13-12-23(32)18-4-8-20(28)9-5-18/h4-11,23H,3,12-18,30H2,1-2H3,(H,31,36)(H,32,37);4-11,22H,3,12-17,28H2,1-2H3,(H,29,33)/t23-;22-/m00/s1. The number of Topliss-reactive ketones (excluding diaryl/α,β-unsaturated/α-hetero) is 2. The lowest BCUT2D eigenvalue weighted by atomic mass is 9.75. The van der Waals surface area contributed by atoms with Crippen molar-refractivity contribution in [1.82, 2.24) is 20.4 Å². The van der Waals surface area contributed by atoms with Crippen LogP contribution >= 0.6 is 0 Å². The number of carbonyl (C=O) groups excluding carboxylic acids is 9. The molecule has 0 aliphatic carbocycles. The van der Waals surface area contributed by atoms with Gasteiger partial charge in [-0.3, -0.25) is 43.4 Å². The Balaban J connectivity index is 0.000000222. The van der Waals surface area contributed by atoms with Crippen LogP contribution in [0.25, 0.3) is 0 Å². The SMILES string of the molecule is CCC(=O)NC[C@H]1CN(c2ccc(C3(C)CN(C(=O)CCC(=O)c4ccc(N)cc4)C3)cc2)C(=O)O1.CCC(=O)NC[C@H]1CN(c2ccc(C3(C)CN(C(=O)CCC(=O)c4ccc(NC(=O)CN)cc4)C3)cc2)C(=O)O1. The van der Waals surface area contributed by atoms with Crippen LogP contribution in [-0.4, -0.2) is 134 Å². The summed E-state index contributed by atoms with van der Waals surface area (Å²) in [5, 5.41) is 8.12. The molecule has 4 aromatic carbocycles. The second kappa shape index (κ2) is 24.5. The van der Waals surface area contributed by atoms with Gasteiger partial charge < -0.3 is 46.7 Å². The number of nitrogen functional groups attached to an aromatic ring is 1. The lowest BCUT2D eigenvalue weighted by Crippen LogP contribution is -2.59. The summed E-state index contributed by atoms with van der Waals surface area (Å²) in [6, 6.07) is 28.6. The molecule has 4 aromatic rings. The van der Waals surface area contributed by atoms with Crippen LogP contribution in [0.2, 0.25) is 0 Å². The number of rotatable bonds is 20. The molecule has 4 fully saturated rings. The molecule has 2 atom stereocenters. The second-order valence-corrected chi connectivity index (χ2v) is 20.1. The van der Waals surface area contributed by atoms with Crippen LogP contribution in [-0.2, 0) is 44.3 Å². The predicted molar refractivity (Wildman–Crippen MR) is 285 cm³/mol. The van der Waals surface area contributed by atoms with Gasteiger partial charge in [0.1, 0.15) is 12.2 Å². The zero-order valence-corrected chi connectivity index (χ0v) is 43.4. The number of cyclic esters (lactones) is 2. The molecule has 0 unspecified atom stereocenters. The molecular formula is C56H67N9O11. The Morgan fingerprint density at radius 2 is 0.934 bits per heavy atom. The van der Waals surface area contributed by atoms with E-state index in [2.05, 4.69) is 29.8 Å². The smallest absolute Gasteiger partial charge is 0.414 e. The number of likely N-dealkylation sites (tertiary alicyclic amines) is 2. The molecule has 0 aromatic heterocycles. The number of anilines is 4. The van der Waals surface area contributed by atoms with E-state index in [1.54, 1.807) is 82.0 Å². The summed E-state index contributed by atoms with van der Waals surface area (Å²) in [6.45, 7) is 11.1. The summed E-state index contributed by atoms with van der Waals surface area (Å²) in [7, 11) is 0. The minimum absolute atomic E-state index is 0.0334. The molecule has 0 saturated carbocycles. The molecule has 4 aliphatic rings. The first-order valence-corrected chi connectivity index (χ1v) is 25.6. The van der Waals surface area contributed by atoms with E-state index >= 15 is 0 Å². The molecular weight excluding hydrogens is 975 g/mol. The first-order valence-electron chi connectivity index (χ1n) is 25.6. The average molecular weight is 1040 g/mol. The fraction of sp³-hybridized carbons (Fsp3) is 0.411. The lowest BCUT2D eigenvalue weighted by Gasteiger charge is -2.48. The summed E-state index contributed by atoms with van der Waals surface area (Å²) >= 11 is 0. The van der Waals surface area contributed by atoms with Crippen molar-refractivity contribution < 1.29 is 52.6 Å². The number of nitrogens with two attached hydrogens (primary N) is 2. The predicted octanol–water partition coefficient (Wildman–Crippen LogP) is 5.08. The van der Waals surface area contributed by atoms with Crippen molar-refractivity contribution in [3.8, 4) is 0 Å². The number of benzene rings is 4. The van der Waals surface area contributed by atoms with Gasteiger partial charge in [0.15, 0.2) is 11.6 Å². The Morgan fingerprint density at radius 3 is 1.30 bits per heavy atom. The molecule has 8 rings (SSSR count). The van der Waals surface area contributed by atoms with E-state index in [-0.39, 0.29) is 96.8 Å². The van der Waals surface area contributed by atoms with E-state index in [1.807, 2.05) is 48.5 Å². The van der Waals surface area contributed by atoms with Gasteiger partial charge in [0.05, 0.1) is 32.7 Å². The van der Waals surface area contributed by atoms with E-state index < -0.39 is 18.3 Å². The molecule has 20 heteroatoms. The maximum Gasteiger partial charge on any atom is 0.414 e. The van der Waals surface area contributed by atoms with Crippen LogP contribution in [0.3, 0.4) is 0 Å². The summed E-state index contributed by atoms with van der Waals surface area (Å²) in [5.74, 6) is -0.805. The van der Waals surface area contributed by atoms with Crippen molar-refractivity contribution in [2.75, 3.05) is 79.8 Å². The molecule has 7 N–H and O–H groups in total. The maximum atomic E-state index is 12.7. The fourth-order valence-corrected chi connectivity index (χ4v) is 9.45. The number of hydrogen-bond donors (Lipinski definition) is 5. The van der Waals surface area contributed by atoms with Gasteiger partial charge in [-0.2, -0.15) is 0 Å². The van der Waals surface area contributed by atoms with Crippen LogP contribution in [0, 0.1) is 0 Å². The van der Waals surface area contributed by atoms with E-state index in [4.69, 9.17) is 20.9 Å². The Bertz CT molecular complexity index is 2790. The van der Waals surface area contributed by atoms with Gasteiger partial charge in [-0.25, -0.2) is 9.59 Å². The third kappa shape index (κ3) is 13.8. The highest BCUT2D eigenvalue weighted by Gasteiger charge is 2.44. The summed E-state index contributed by atoms with van der Waals surface area (Å²) in [5.41, 5.74) is 16.3. The van der Waals surface area contributed by atoms with Gasteiger partial charge in [-0.15, -0.1) is 0 Å². The number of nitrogens with one attached hydrogen (secondary N) is 3. The third-order valence-corrected chi connectivity index (χ3v) is 14.1. The number of ether oxygens (including phenoxy) is 2. The first-order chi connectivity index (χ1) is 36.3. The van der Waals surface area contributed by atoms with Crippen molar-refractivity contribution in [1.29, 1.82) is 0 Å². The Kier molecular flexibility index (Phi) is 17.9. The molecule has 4 heterocycles. The second-order valence-electron chi connectivity index (χ2n) is 20.1. The van der Waals surface area contributed by atoms with Crippen LogP contribution in [0.15, 0.2) is 97.1 Å². The van der Waals surface area contributed by atoms with Crippen molar-refractivity contribution in [2.24, 2.45) is 5.73 Å². The van der Waals surface area contributed by atoms with E-state index in [9.17, 15) is 43.2 Å². The zero-order chi connectivity index (χ0) is 54.7. The molecule has 4 aliphatic heterocycles. The van der Waals surface area contributed by atoms with E-state index in [1.165, 1.54) is 0 Å². The normalized spacial score (nSPS) is 18.0. The Hall–Kier alpha value is -8.13. The van der Waals surface area contributed by atoms with Gasteiger partial charge in [0.25, 0.3) is 0 Å². The highest BCUT2D eigenvalue weighted by Crippen LogP contribution is 2.38. The molecule has 7 amide bonds. The molecule has 4 saturated heterocycles. The van der Waals surface area contributed by atoms with Crippen molar-refractivity contribution >= 4 is 76.0 Å². The van der Waals surface area contributed by atoms with Crippen LogP contribution in [0.4, 0.5) is 32.3 Å². The van der Waals surface area contributed by atoms with Gasteiger partial charge >= 0.3 is 12.2 Å². The Morgan fingerprint density at radius 1 is 0.553 bits per heavy atom. The largest absolute Gasteiger partial charge is 0.442 e. The minimum atomic E-state index is -0.445. The van der Waals surface area contributed by atoms with Crippen molar-refractivity contribution in [3.05, 3.63) is 119 Å². The van der Waals surface area contributed by atoms with Crippen LogP contribution in [0.1, 0.15) is 98.1 Å². The van der Waals surface area contributed by atoms with E-state index in [0.29, 0.717) is 86.8 Å². The highest BCUT2D eigenvalue weighted by molar-refractivity contribution is 6.00. The monoisotopic (exact) mass is 1040 g/mol. The number of ketones is 2. The molecule has 76 heavy (non-hydrogen) atoms. The fourth-order valence-electron chi connectivity index (χ4n) is 9.45. The number of amides is 7. The van der Waals surface area contributed by atoms with Gasteiger partial charge in [0.2, 0.25) is 29.5 Å². The molecule has 0 spiro atoms. The molecule has 0 radical (unpaired) electrons. The highest BCUT2D eigenvalue weighted by atomic mass is 16.6. The van der Waals surface area contributed by atoms with E-state index in [0.717, 1.165) is 16.8 Å². The summed E-state index contributed by atoms with van der Waals surface area (Å²) in [6.07, 6.45) is -0.340. The number of carbonyl (C=O) groups is 9. The summed E-state index contributed by atoms with van der Waals surface area (Å²) < 4.78 is 10.7. The van der Waals surface area contributed by atoms with Crippen LogP contribution < -0.4 is 37.2 Å². The minimum Gasteiger partial charge on any atom is -0.442 e. The first kappa shape index (κ1) is 55.6.